The van der Waals surface area contributed by atoms with E-state index in [0.29, 0.717) is 20.2 Å². The third-order valence-electron chi connectivity index (χ3n) is 2.27. The maximum absolute atomic E-state index is 10.7. The SMILES string of the molecule is CCC(C)=Nc1c(C#N)cc(Br)c(OC(=O)O)c1Br. The summed E-state index contributed by atoms with van der Waals surface area (Å²) in [5.41, 5.74) is 1.51. The van der Waals surface area contributed by atoms with Gasteiger partial charge in [-0.3, -0.25) is 4.99 Å². The van der Waals surface area contributed by atoms with Gasteiger partial charge in [0.15, 0.2) is 5.75 Å². The van der Waals surface area contributed by atoms with Crippen molar-refractivity contribution in [1.29, 1.82) is 5.26 Å². The Kier molecular flexibility index (Phi) is 5.51. The maximum Gasteiger partial charge on any atom is 0.511 e. The first-order chi connectivity index (χ1) is 8.90. The Balaban J connectivity index is 3.52. The summed E-state index contributed by atoms with van der Waals surface area (Å²) in [6, 6.07) is 3.49. The molecule has 0 saturated heterocycles. The van der Waals surface area contributed by atoms with Gasteiger partial charge in [0, 0.05) is 5.71 Å². The van der Waals surface area contributed by atoms with Crippen LogP contribution >= 0.6 is 31.9 Å². The molecule has 0 spiro atoms. The highest BCUT2D eigenvalue weighted by atomic mass is 79.9. The van der Waals surface area contributed by atoms with Crippen LogP contribution in [0.3, 0.4) is 0 Å². The number of hydrogen-bond donors (Lipinski definition) is 1. The normalized spacial score (nSPS) is 11.0. The molecule has 0 unspecified atom stereocenters. The molecule has 0 saturated carbocycles. The Labute approximate surface area is 127 Å². The molecule has 0 amide bonds. The van der Waals surface area contributed by atoms with Gasteiger partial charge in [-0.05, 0) is 51.3 Å². The summed E-state index contributed by atoms with van der Waals surface area (Å²) >= 11 is 6.40. The standard InChI is InChI=1S/C12H10Br2N2O3/c1-3-6(2)16-10-7(5-15)4-8(13)11(9(10)14)19-12(17)18/h4H,3H2,1-2H3,(H,17,18). The molecule has 1 aromatic carbocycles. The number of nitrogens with zero attached hydrogens (tertiary/aromatic N) is 2. The molecule has 0 aliphatic carbocycles. The highest BCUT2D eigenvalue weighted by molar-refractivity contribution is 9.11. The van der Waals surface area contributed by atoms with Crippen molar-refractivity contribution in [3.05, 3.63) is 20.6 Å². The summed E-state index contributed by atoms with van der Waals surface area (Å²) < 4.78 is 5.37. The molecule has 19 heavy (non-hydrogen) atoms. The fourth-order valence-corrected chi connectivity index (χ4v) is 2.61. The zero-order chi connectivity index (χ0) is 14.6. The molecule has 0 atom stereocenters. The van der Waals surface area contributed by atoms with Crippen molar-refractivity contribution >= 4 is 49.4 Å². The first-order valence-corrected chi connectivity index (χ1v) is 6.86. The van der Waals surface area contributed by atoms with Gasteiger partial charge in [0.1, 0.15) is 6.07 Å². The smallest absolute Gasteiger partial charge is 0.449 e. The molecule has 7 heteroatoms. The third-order valence-corrected chi connectivity index (χ3v) is 3.60. The quantitative estimate of drug-likeness (QED) is 0.463. The van der Waals surface area contributed by atoms with Gasteiger partial charge in [-0.25, -0.2) is 4.79 Å². The first-order valence-electron chi connectivity index (χ1n) is 5.27. The molecule has 0 heterocycles. The molecule has 0 radical (unpaired) electrons. The zero-order valence-corrected chi connectivity index (χ0v) is 13.4. The molecular weight excluding hydrogens is 380 g/mol. The summed E-state index contributed by atoms with van der Waals surface area (Å²) in [5.74, 6) is 0.0779. The Morgan fingerprint density at radius 2 is 2.21 bits per heavy atom. The summed E-state index contributed by atoms with van der Waals surface area (Å²) in [5, 5.41) is 17.8. The average molecular weight is 390 g/mol. The van der Waals surface area contributed by atoms with E-state index in [4.69, 9.17) is 10.4 Å². The number of benzene rings is 1. The fraction of sp³-hybridized carbons (Fsp3) is 0.250. The van der Waals surface area contributed by atoms with Crippen molar-refractivity contribution < 1.29 is 14.6 Å². The summed E-state index contributed by atoms with van der Waals surface area (Å²) in [6.07, 6.45) is -0.712. The number of rotatable bonds is 3. The Morgan fingerprint density at radius 3 is 2.68 bits per heavy atom. The molecule has 1 aromatic rings. The molecule has 100 valence electrons. The van der Waals surface area contributed by atoms with Crippen molar-refractivity contribution in [3.63, 3.8) is 0 Å². The summed E-state index contributed by atoms with van der Waals surface area (Å²) in [6.45, 7) is 3.76. The zero-order valence-electron chi connectivity index (χ0n) is 10.2. The van der Waals surface area contributed by atoms with Crippen LogP contribution in [0.25, 0.3) is 0 Å². The van der Waals surface area contributed by atoms with Gasteiger partial charge in [-0.1, -0.05) is 6.92 Å². The van der Waals surface area contributed by atoms with Crippen LogP contribution in [0.1, 0.15) is 25.8 Å². The van der Waals surface area contributed by atoms with Crippen LogP contribution in [-0.4, -0.2) is 17.0 Å². The van der Waals surface area contributed by atoms with E-state index in [1.807, 2.05) is 19.9 Å². The highest BCUT2D eigenvalue weighted by Gasteiger charge is 2.18. The minimum Gasteiger partial charge on any atom is -0.449 e. The number of hydrogen-bond acceptors (Lipinski definition) is 4. The molecule has 1 rings (SSSR count). The molecule has 1 N–H and O–H groups in total. The van der Waals surface area contributed by atoms with E-state index in [1.165, 1.54) is 6.07 Å². The second-order valence-corrected chi connectivity index (χ2v) is 5.23. The van der Waals surface area contributed by atoms with Gasteiger partial charge < -0.3 is 9.84 Å². The molecule has 0 bridgehead atoms. The second kappa shape index (κ2) is 6.68. The lowest BCUT2D eigenvalue weighted by Gasteiger charge is -2.10. The van der Waals surface area contributed by atoms with Crippen LogP contribution < -0.4 is 4.74 Å². The van der Waals surface area contributed by atoms with E-state index in [0.717, 1.165) is 12.1 Å². The number of ether oxygens (including phenoxy) is 1. The van der Waals surface area contributed by atoms with Gasteiger partial charge in [-0.15, -0.1) is 0 Å². The van der Waals surface area contributed by atoms with Gasteiger partial charge in [-0.2, -0.15) is 5.26 Å². The molecule has 0 fully saturated rings. The van der Waals surface area contributed by atoms with Gasteiger partial charge in [0.25, 0.3) is 0 Å². The Morgan fingerprint density at radius 1 is 1.58 bits per heavy atom. The second-order valence-electron chi connectivity index (χ2n) is 3.58. The van der Waals surface area contributed by atoms with Crippen LogP contribution in [0.15, 0.2) is 20.0 Å². The van der Waals surface area contributed by atoms with Crippen LogP contribution in [0.2, 0.25) is 0 Å². The fourth-order valence-electron chi connectivity index (χ4n) is 1.24. The van der Waals surface area contributed by atoms with E-state index in [-0.39, 0.29) is 5.75 Å². The molecule has 0 aliphatic rings. The van der Waals surface area contributed by atoms with Crippen molar-refractivity contribution in [2.75, 3.05) is 0 Å². The molecule has 5 nitrogen and oxygen atoms in total. The van der Waals surface area contributed by atoms with Crippen molar-refractivity contribution in [1.82, 2.24) is 0 Å². The van der Waals surface area contributed by atoms with Crippen molar-refractivity contribution in [2.24, 2.45) is 4.99 Å². The monoisotopic (exact) mass is 388 g/mol. The number of aliphatic imine (C=N–C) groups is 1. The number of carbonyl (C=O) groups is 1. The minimum absolute atomic E-state index is 0.0779. The number of halogens is 2. The third kappa shape index (κ3) is 3.78. The number of nitriles is 1. The van der Waals surface area contributed by atoms with Crippen molar-refractivity contribution in [2.45, 2.75) is 20.3 Å². The predicted molar refractivity (Wildman–Crippen MR) is 78.3 cm³/mol. The first kappa shape index (κ1) is 15.7. The van der Waals surface area contributed by atoms with E-state index in [1.54, 1.807) is 0 Å². The maximum atomic E-state index is 10.7. The van der Waals surface area contributed by atoms with Crippen LogP contribution in [0.4, 0.5) is 10.5 Å². The van der Waals surface area contributed by atoms with Crippen LogP contribution in [-0.2, 0) is 0 Å². The van der Waals surface area contributed by atoms with Gasteiger partial charge in [0.05, 0.1) is 20.2 Å². The summed E-state index contributed by atoms with van der Waals surface area (Å²) in [7, 11) is 0. The highest BCUT2D eigenvalue weighted by Crippen LogP contribution is 2.43. The predicted octanol–water partition coefficient (Wildman–Crippen LogP) is 4.64. The van der Waals surface area contributed by atoms with E-state index < -0.39 is 6.16 Å². The lowest BCUT2D eigenvalue weighted by molar-refractivity contribution is 0.144. The Hall–Kier alpha value is -1.39. The lowest BCUT2D eigenvalue weighted by Crippen LogP contribution is -2.04. The average Bonchev–Trinajstić information content (AvgIpc) is 2.36. The lowest BCUT2D eigenvalue weighted by atomic mass is 10.2. The number of carboxylic acid groups (broad SMARTS) is 1. The Bertz CT molecular complexity index is 592. The van der Waals surface area contributed by atoms with Crippen LogP contribution in [0.5, 0.6) is 5.75 Å². The van der Waals surface area contributed by atoms with E-state index >= 15 is 0 Å². The van der Waals surface area contributed by atoms with Gasteiger partial charge >= 0.3 is 6.16 Å². The van der Waals surface area contributed by atoms with E-state index in [2.05, 4.69) is 41.6 Å². The molecular formula is C12H10Br2N2O3. The summed E-state index contributed by atoms with van der Waals surface area (Å²) in [4.78, 5) is 15.0. The van der Waals surface area contributed by atoms with Crippen molar-refractivity contribution in [3.8, 4) is 11.8 Å². The topological polar surface area (TPSA) is 82.7 Å². The minimum atomic E-state index is -1.44. The molecule has 0 aromatic heterocycles. The van der Waals surface area contributed by atoms with Crippen LogP contribution in [0, 0.1) is 11.3 Å². The van der Waals surface area contributed by atoms with Gasteiger partial charge in [0.2, 0.25) is 0 Å². The largest absolute Gasteiger partial charge is 0.511 e. The van der Waals surface area contributed by atoms with E-state index in [9.17, 15) is 4.79 Å². The molecule has 0 aliphatic heterocycles.